The minimum atomic E-state index is -0.518. The van der Waals surface area contributed by atoms with E-state index >= 15 is 0 Å². The van der Waals surface area contributed by atoms with E-state index in [1.54, 1.807) is 11.8 Å². The van der Waals surface area contributed by atoms with Gasteiger partial charge in [-0.2, -0.15) is 11.8 Å². The average molecular weight is 283 g/mol. The van der Waals surface area contributed by atoms with Crippen LogP contribution in [0.5, 0.6) is 5.75 Å². The molecule has 1 aromatic rings. The summed E-state index contributed by atoms with van der Waals surface area (Å²) in [6.45, 7) is 2.70. The molecular weight excluding hydrogens is 262 g/mol. The lowest BCUT2D eigenvalue weighted by Crippen LogP contribution is -2.32. The van der Waals surface area contributed by atoms with Crippen LogP contribution in [0.4, 0.5) is 0 Å². The average Bonchev–Trinajstić information content (AvgIpc) is 2.43. The Morgan fingerprint density at radius 2 is 2.00 bits per heavy atom. The summed E-state index contributed by atoms with van der Waals surface area (Å²) in [5, 5.41) is 0. The van der Waals surface area contributed by atoms with Crippen LogP contribution in [-0.4, -0.2) is 37.2 Å². The molecule has 106 valence electrons. The molecule has 0 spiro atoms. The predicted molar refractivity (Wildman–Crippen MR) is 78.6 cm³/mol. The van der Waals surface area contributed by atoms with Gasteiger partial charge in [-0.25, -0.2) is 0 Å². The van der Waals surface area contributed by atoms with Crippen molar-refractivity contribution < 1.29 is 14.3 Å². The zero-order chi connectivity index (χ0) is 14.1. The Balaban J connectivity index is 2.05. The van der Waals surface area contributed by atoms with E-state index in [-0.39, 0.29) is 5.97 Å². The third-order valence-corrected chi connectivity index (χ3v) is 3.57. The normalized spacial score (nSPS) is 11.9. The Morgan fingerprint density at radius 1 is 1.32 bits per heavy atom. The van der Waals surface area contributed by atoms with Crippen molar-refractivity contribution in [2.75, 3.05) is 25.2 Å². The second-order valence-corrected chi connectivity index (χ2v) is 5.42. The minimum Gasteiger partial charge on any atom is -0.493 e. The first-order chi connectivity index (χ1) is 9.13. The molecule has 0 aliphatic carbocycles. The van der Waals surface area contributed by atoms with E-state index in [0.29, 0.717) is 13.0 Å². The Hall–Kier alpha value is -1.20. The molecule has 0 aromatic heterocycles. The number of rotatable bonds is 8. The summed E-state index contributed by atoms with van der Waals surface area (Å²) in [4.78, 5) is 11.1. The third kappa shape index (κ3) is 6.50. The first-order valence-corrected chi connectivity index (χ1v) is 7.39. The van der Waals surface area contributed by atoms with E-state index in [4.69, 9.17) is 10.5 Å². The number of methoxy groups -OCH3 is 1. The quantitative estimate of drug-likeness (QED) is 0.584. The maximum Gasteiger partial charge on any atom is 0.322 e. The summed E-state index contributed by atoms with van der Waals surface area (Å²) in [6.07, 6.45) is 0.627. The van der Waals surface area contributed by atoms with E-state index in [1.165, 1.54) is 12.7 Å². The highest BCUT2D eigenvalue weighted by Gasteiger charge is 2.12. The van der Waals surface area contributed by atoms with Gasteiger partial charge in [0.1, 0.15) is 11.8 Å². The first-order valence-electron chi connectivity index (χ1n) is 6.24. The lowest BCUT2D eigenvalue weighted by atomic mass is 10.2. The van der Waals surface area contributed by atoms with Gasteiger partial charge in [0.2, 0.25) is 0 Å². The van der Waals surface area contributed by atoms with Crippen molar-refractivity contribution in [3.05, 3.63) is 29.8 Å². The zero-order valence-electron chi connectivity index (χ0n) is 11.4. The van der Waals surface area contributed by atoms with Gasteiger partial charge >= 0.3 is 5.97 Å². The molecule has 2 N–H and O–H groups in total. The number of hydrogen-bond donors (Lipinski definition) is 1. The van der Waals surface area contributed by atoms with Crippen molar-refractivity contribution in [3.63, 3.8) is 0 Å². The second-order valence-electron chi connectivity index (χ2n) is 4.19. The first kappa shape index (κ1) is 15.9. The molecule has 0 radical (unpaired) electrons. The highest BCUT2D eigenvalue weighted by molar-refractivity contribution is 7.99. The van der Waals surface area contributed by atoms with Crippen LogP contribution in [0.25, 0.3) is 0 Å². The predicted octanol–water partition coefficient (Wildman–Crippen LogP) is 2.00. The molecule has 0 saturated carbocycles. The van der Waals surface area contributed by atoms with Gasteiger partial charge in [0.25, 0.3) is 0 Å². The third-order valence-electron chi connectivity index (χ3n) is 2.59. The van der Waals surface area contributed by atoms with E-state index in [0.717, 1.165) is 17.3 Å². The van der Waals surface area contributed by atoms with Crippen LogP contribution in [0.1, 0.15) is 12.0 Å². The molecule has 0 bridgehead atoms. The monoisotopic (exact) mass is 283 g/mol. The van der Waals surface area contributed by atoms with Crippen molar-refractivity contribution in [1.29, 1.82) is 0 Å². The Kier molecular flexibility index (Phi) is 7.36. The maximum absolute atomic E-state index is 11.1. The molecule has 0 saturated heterocycles. The number of carbonyl (C=O) groups is 1. The van der Waals surface area contributed by atoms with Crippen molar-refractivity contribution in [2.45, 2.75) is 19.4 Å². The van der Waals surface area contributed by atoms with Crippen LogP contribution < -0.4 is 10.5 Å². The molecule has 0 aliphatic rings. The Morgan fingerprint density at radius 3 is 2.63 bits per heavy atom. The van der Waals surface area contributed by atoms with E-state index in [1.807, 2.05) is 31.2 Å². The smallest absolute Gasteiger partial charge is 0.322 e. The van der Waals surface area contributed by atoms with Crippen LogP contribution in [0.15, 0.2) is 24.3 Å². The molecular formula is C14H21NO3S. The summed E-state index contributed by atoms with van der Waals surface area (Å²) >= 11 is 1.72. The van der Waals surface area contributed by atoms with Crippen LogP contribution in [0.2, 0.25) is 0 Å². The Labute approximate surface area is 118 Å². The molecule has 1 unspecified atom stereocenters. The number of benzene rings is 1. The summed E-state index contributed by atoms with van der Waals surface area (Å²) in [6, 6.07) is 7.46. The molecule has 0 fully saturated rings. The summed E-state index contributed by atoms with van der Waals surface area (Å²) < 4.78 is 10.2. The Bertz CT molecular complexity index is 381. The van der Waals surface area contributed by atoms with Gasteiger partial charge in [0.15, 0.2) is 0 Å². The standard InChI is InChI=1S/C14H21NO3S/c1-11-3-5-12(6-4-11)18-8-10-19-9-7-13(15)14(16)17-2/h3-6,13H,7-10,15H2,1-2H3. The zero-order valence-corrected chi connectivity index (χ0v) is 12.2. The highest BCUT2D eigenvalue weighted by Crippen LogP contribution is 2.12. The van der Waals surface area contributed by atoms with Gasteiger partial charge in [0.05, 0.1) is 13.7 Å². The largest absolute Gasteiger partial charge is 0.493 e. The topological polar surface area (TPSA) is 61.5 Å². The van der Waals surface area contributed by atoms with Crippen LogP contribution in [0.3, 0.4) is 0 Å². The van der Waals surface area contributed by atoms with Crippen molar-refractivity contribution in [3.8, 4) is 5.75 Å². The molecule has 0 heterocycles. The number of carbonyl (C=O) groups excluding carboxylic acids is 1. The number of esters is 1. The molecule has 0 aliphatic heterocycles. The highest BCUT2D eigenvalue weighted by atomic mass is 32.2. The summed E-state index contributed by atoms with van der Waals surface area (Å²) in [5.74, 6) is 2.24. The van der Waals surface area contributed by atoms with Gasteiger partial charge in [-0.05, 0) is 31.2 Å². The lowest BCUT2D eigenvalue weighted by molar-refractivity contribution is -0.142. The summed E-state index contributed by atoms with van der Waals surface area (Å²) in [7, 11) is 1.35. The van der Waals surface area contributed by atoms with Gasteiger partial charge in [-0.3, -0.25) is 4.79 Å². The minimum absolute atomic E-state index is 0.350. The molecule has 4 nitrogen and oxygen atoms in total. The van der Waals surface area contributed by atoms with Crippen molar-refractivity contribution in [1.82, 2.24) is 0 Å². The molecule has 0 amide bonds. The van der Waals surface area contributed by atoms with Gasteiger partial charge in [0, 0.05) is 5.75 Å². The fourth-order valence-corrected chi connectivity index (χ4v) is 2.26. The SMILES string of the molecule is COC(=O)C(N)CCSCCOc1ccc(C)cc1. The van der Waals surface area contributed by atoms with Crippen molar-refractivity contribution in [2.24, 2.45) is 5.73 Å². The second kappa shape index (κ2) is 8.82. The number of ether oxygens (including phenoxy) is 2. The van der Waals surface area contributed by atoms with E-state index in [9.17, 15) is 4.79 Å². The van der Waals surface area contributed by atoms with Gasteiger partial charge < -0.3 is 15.2 Å². The fraction of sp³-hybridized carbons (Fsp3) is 0.500. The van der Waals surface area contributed by atoms with Gasteiger partial charge in [-0.15, -0.1) is 0 Å². The molecule has 1 atom stereocenters. The maximum atomic E-state index is 11.1. The number of aryl methyl sites for hydroxylation is 1. The van der Waals surface area contributed by atoms with Crippen LogP contribution >= 0.6 is 11.8 Å². The number of nitrogens with two attached hydrogens (primary N) is 1. The number of thioether (sulfide) groups is 1. The van der Waals surface area contributed by atoms with Gasteiger partial charge in [-0.1, -0.05) is 17.7 Å². The van der Waals surface area contributed by atoms with Crippen LogP contribution in [-0.2, 0) is 9.53 Å². The molecule has 1 rings (SSSR count). The van der Waals surface area contributed by atoms with E-state index < -0.39 is 6.04 Å². The fourth-order valence-electron chi connectivity index (χ4n) is 1.43. The summed E-state index contributed by atoms with van der Waals surface area (Å²) in [5.41, 5.74) is 6.85. The number of hydrogen-bond acceptors (Lipinski definition) is 5. The molecule has 19 heavy (non-hydrogen) atoms. The van der Waals surface area contributed by atoms with E-state index in [2.05, 4.69) is 4.74 Å². The van der Waals surface area contributed by atoms with Crippen molar-refractivity contribution >= 4 is 17.7 Å². The molecule has 1 aromatic carbocycles. The van der Waals surface area contributed by atoms with Crippen LogP contribution in [0, 0.1) is 6.92 Å². The lowest BCUT2D eigenvalue weighted by Gasteiger charge is -2.09. The molecule has 5 heteroatoms.